The lowest BCUT2D eigenvalue weighted by molar-refractivity contribution is 0.455. The van der Waals surface area contributed by atoms with Crippen molar-refractivity contribution in [2.24, 2.45) is 0 Å². The molecule has 0 amide bonds. The maximum absolute atomic E-state index is 10.1. The third kappa shape index (κ3) is 3.00. The minimum Gasteiger partial charge on any atom is -0.504 e. The van der Waals surface area contributed by atoms with Crippen LogP contribution in [0.2, 0.25) is 0 Å². The van der Waals surface area contributed by atoms with Crippen LogP contribution in [0.25, 0.3) is 0 Å². The van der Waals surface area contributed by atoms with E-state index in [1.54, 1.807) is 0 Å². The zero-order valence-electron chi connectivity index (χ0n) is 10.8. The highest BCUT2D eigenvalue weighted by atomic mass is 16.3. The van der Waals surface area contributed by atoms with Crippen molar-refractivity contribution in [1.82, 2.24) is 9.78 Å². The zero-order valence-corrected chi connectivity index (χ0v) is 10.8. The molecule has 0 aromatic carbocycles. The maximum Gasteiger partial charge on any atom is 0.160 e. The topological polar surface area (TPSA) is 38.1 Å². The van der Waals surface area contributed by atoms with Gasteiger partial charge in [-0.2, -0.15) is 5.10 Å². The summed E-state index contributed by atoms with van der Waals surface area (Å²) < 4.78 is 2.00. The van der Waals surface area contributed by atoms with E-state index in [0.717, 1.165) is 56.5 Å². The van der Waals surface area contributed by atoms with Crippen LogP contribution < -0.4 is 0 Å². The number of rotatable bonds is 7. The number of aromatic hydroxyl groups is 1. The average Bonchev–Trinajstić information content (AvgIpc) is 2.55. The van der Waals surface area contributed by atoms with E-state index >= 15 is 0 Å². The van der Waals surface area contributed by atoms with Crippen molar-refractivity contribution in [3.63, 3.8) is 0 Å². The summed E-state index contributed by atoms with van der Waals surface area (Å²) >= 11 is 0. The average molecular weight is 224 g/mol. The molecule has 0 fully saturated rings. The molecule has 0 saturated carbocycles. The fourth-order valence-corrected chi connectivity index (χ4v) is 1.94. The Hall–Kier alpha value is -0.990. The number of aromatic nitrogens is 2. The fraction of sp³-hybridized carbons (Fsp3) is 0.769. The van der Waals surface area contributed by atoms with E-state index < -0.39 is 0 Å². The van der Waals surface area contributed by atoms with Gasteiger partial charge in [-0.25, -0.2) is 0 Å². The number of hydrogen-bond acceptors (Lipinski definition) is 2. The summed E-state index contributed by atoms with van der Waals surface area (Å²) in [7, 11) is 0. The molecule has 0 spiro atoms. The van der Waals surface area contributed by atoms with E-state index in [1.807, 2.05) is 4.68 Å². The molecule has 3 heteroatoms. The van der Waals surface area contributed by atoms with E-state index in [4.69, 9.17) is 0 Å². The van der Waals surface area contributed by atoms with Crippen molar-refractivity contribution in [3.8, 4) is 5.75 Å². The van der Waals surface area contributed by atoms with Crippen LogP contribution in [0, 0.1) is 0 Å². The number of hydrogen-bond donors (Lipinski definition) is 1. The Morgan fingerprint density at radius 3 is 2.38 bits per heavy atom. The third-order valence-corrected chi connectivity index (χ3v) is 2.79. The third-order valence-electron chi connectivity index (χ3n) is 2.79. The minimum atomic E-state index is 0.448. The second-order valence-electron chi connectivity index (χ2n) is 4.32. The highest BCUT2D eigenvalue weighted by Crippen LogP contribution is 2.25. The summed E-state index contributed by atoms with van der Waals surface area (Å²) in [6, 6.07) is 0. The van der Waals surface area contributed by atoms with Crippen molar-refractivity contribution in [3.05, 3.63) is 11.4 Å². The molecular formula is C13H24N2O. The Labute approximate surface area is 98.5 Å². The molecule has 0 aliphatic rings. The Kier molecular flexibility index (Phi) is 5.36. The first kappa shape index (κ1) is 13.1. The molecule has 1 aromatic rings. The smallest absolute Gasteiger partial charge is 0.160 e. The summed E-state index contributed by atoms with van der Waals surface area (Å²) in [5.41, 5.74) is 1.91. The van der Waals surface area contributed by atoms with Gasteiger partial charge in [0, 0.05) is 6.54 Å². The first-order valence-corrected chi connectivity index (χ1v) is 6.52. The summed E-state index contributed by atoms with van der Waals surface area (Å²) in [5, 5.41) is 14.6. The molecule has 1 rings (SSSR count). The van der Waals surface area contributed by atoms with Gasteiger partial charge in [-0.05, 0) is 25.7 Å². The molecule has 0 bridgehead atoms. The van der Waals surface area contributed by atoms with Crippen LogP contribution in [-0.2, 0) is 19.4 Å². The summed E-state index contributed by atoms with van der Waals surface area (Å²) in [5.74, 6) is 0.448. The Bertz CT molecular complexity index is 318. The fourth-order valence-electron chi connectivity index (χ4n) is 1.94. The summed E-state index contributed by atoms with van der Waals surface area (Å²) in [6.45, 7) is 7.34. The molecule has 0 aliphatic heterocycles. The van der Waals surface area contributed by atoms with Gasteiger partial charge in [-0.15, -0.1) is 0 Å². The van der Waals surface area contributed by atoms with Gasteiger partial charge in [0.15, 0.2) is 5.75 Å². The van der Waals surface area contributed by atoms with Crippen molar-refractivity contribution >= 4 is 0 Å². The molecule has 0 radical (unpaired) electrons. The van der Waals surface area contributed by atoms with Gasteiger partial charge < -0.3 is 5.11 Å². The quantitative estimate of drug-likeness (QED) is 0.771. The monoisotopic (exact) mass is 224 g/mol. The number of aryl methyl sites for hydroxylation is 2. The summed E-state index contributed by atoms with van der Waals surface area (Å²) in [6.07, 6.45) is 6.19. The molecule has 92 valence electrons. The molecule has 0 saturated heterocycles. The predicted molar refractivity (Wildman–Crippen MR) is 66.8 cm³/mol. The second kappa shape index (κ2) is 6.56. The van der Waals surface area contributed by atoms with E-state index in [-0.39, 0.29) is 0 Å². The lowest BCUT2D eigenvalue weighted by Gasteiger charge is -2.05. The predicted octanol–water partition coefficient (Wildman–Crippen LogP) is 3.29. The van der Waals surface area contributed by atoms with Crippen molar-refractivity contribution in [2.75, 3.05) is 0 Å². The van der Waals surface area contributed by atoms with E-state index in [2.05, 4.69) is 25.9 Å². The van der Waals surface area contributed by atoms with Crippen molar-refractivity contribution < 1.29 is 5.11 Å². The standard InChI is InChI=1S/C13H24N2O/c1-4-7-9-12-13(16)11(8-5-2)14-15(12)10-6-3/h16H,4-10H2,1-3H3. The van der Waals surface area contributed by atoms with Crippen LogP contribution >= 0.6 is 0 Å². The Morgan fingerprint density at radius 2 is 1.81 bits per heavy atom. The highest BCUT2D eigenvalue weighted by molar-refractivity contribution is 5.32. The van der Waals surface area contributed by atoms with Gasteiger partial charge in [-0.1, -0.05) is 33.6 Å². The van der Waals surface area contributed by atoms with Gasteiger partial charge in [0.1, 0.15) is 5.69 Å². The van der Waals surface area contributed by atoms with E-state index in [9.17, 15) is 5.11 Å². The van der Waals surface area contributed by atoms with E-state index in [0.29, 0.717) is 5.75 Å². The van der Waals surface area contributed by atoms with Gasteiger partial charge in [0.2, 0.25) is 0 Å². The SMILES string of the molecule is CCCCc1c(O)c(CCC)nn1CCC. The molecule has 0 aliphatic carbocycles. The lowest BCUT2D eigenvalue weighted by Crippen LogP contribution is -2.04. The van der Waals surface area contributed by atoms with Crippen LogP contribution in [0.1, 0.15) is 57.8 Å². The van der Waals surface area contributed by atoms with Gasteiger partial charge >= 0.3 is 0 Å². The maximum atomic E-state index is 10.1. The lowest BCUT2D eigenvalue weighted by atomic mass is 10.1. The molecule has 3 nitrogen and oxygen atoms in total. The molecule has 1 N–H and O–H groups in total. The number of nitrogens with zero attached hydrogens (tertiary/aromatic N) is 2. The molecule has 0 atom stereocenters. The summed E-state index contributed by atoms with van der Waals surface area (Å²) in [4.78, 5) is 0. The van der Waals surface area contributed by atoms with Crippen LogP contribution in [0.3, 0.4) is 0 Å². The largest absolute Gasteiger partial charge is 0.504 e. The van der Waals surface area contributed by atoms with Crippen molar-refractivity contribution in [2.45, 2.75) is 65.8 Å². The van der Waals surface area contributed by atoms with Gasteiger partial charge in [0.05, 0.1) is 5.69 Å². The Morgan fingerprint density at radius 1 is 1.06 bits per heavy atom. The molecule has 16 heavy (non-hydrogen) atoms. The zero-order chi connectivity index (χ0) is 12.0. The minimum absolute atomic E-state index is 0.448. The van der Waals surface area contributed by atoms with Crippen LogP contribution in [0.4, 0.5) is 0 Å². The molecule has 1 aromatic heterocycles. The molecular weight excluding hydrogens is 200 g/mol. The highest BCUT2D eigenvalue weighted by Gasteiger charge is 2.15. The first-order valence-electron chi connectivity index (χ1n) is 6.52. The molecule has 1 heterocycles. The Balaban J connectivity index is 2.90. The van der Waals surface area contributed by atoms with Crippen LogP contribution in [-0.4, -0.2) is 14.9 Å². The van der Waals surface area contributed by atoms with Gasteiger partial charge in [0.25, 0.3) is 0 Å². The number of unbranched alkanes of at least 4 members (excludes halogenated alkanes) is 1. The van der Waals surface area contributed by atoms with Crippen LogP contribution in [0.5, 0.6) is 5.75 Å². The normalized spacial score (nSPS) is 10.9. The first-order chi connectivity index (χ1) is 7.74. The molecule has 0 unspecified atom stereocenters. The van der Waals surface area contributed by atoms with Crippen molar-refractivity contribution in [1.29, 1.82) is 0 Å². The second-order valence-corrected chi connectivity index (χ2v) is 4.32. The van der Waals surface area contributed by atoms with Gasteiger partial charge in [-0.3, -0.25) is 4.68 Å². The van der Waals surface area contributed by atoms with E-state index in [1.165, 1.54) is 0 Å². The van der Waals surface area contributed by atoms with Crippen LogP contribution in [0.15, 0.2) is 0 Å².